The predicted octanol–water partition coefficient (Wildman–Crippen LogP) is 3.88. The smallest absolute Gasteiger partial charge is 0.243 e. The number of para-hydroxylation sites is 4. The number of carbonyl (C=O) groups excluding carboxylic acids is 1. The van der Waals surface area contributed by atoms with E-state index in [1.54, 1.807) is 0 Å². The first-order valence-electron chi connectivity index (χ1n) is 9.36. The van der Waals surface area contributed by atoms with E-state index in [1.807, 2.05) is 62.4 Å². The van der Waals surface area contributed by atoms with E-state index in [1.165, 1.54) is 6.08 Å². The molecule has 1 heterocycles. The van der Waals surface area contributed by atoms with Crippen LogP contribution in [0.25, 0.3) is 11.0 Å². The lowest BCUT2D eigenvalue weighted by atomic mass is 10.3. The van der Waals surface area contributed by atoms with Crippen molar-refractivity contribution in [3.05, 3.63) is 67.0 Å². The Morgan fingerprint density at radius 2 is 1.86 bits per heavy atom. The van der Waals surface area contributed by atoms with Gasteiger partial charge >= 0.3 is 0 Å². The molecule has 1 amide bonds. The Morgan fingerprint density at radius 3 is 2.57 bits per heavy atom. The van der Waals surface area contributed by atoms with E-state index >= 15 is 0 Å². The molecule has 146 valence electrons. The summed E-state index contributed by atoms with van der Waals surface area (Å²) in [6.07, 6.45) is 1.26. The van der Waals surface area contributed by atoms with E-state index in [0.717, 1.165) is 22.6 Å². The number of ether oxygens (including phenoxy) is 2. The number of benzene rings is 2. The molecule has 0 spiro atoms. The summed E-state index contributed by atoms with van der Waals surface area (Å²) in [5, 5.41) is 2.88. The average molecular weight is 379 g/mol. The fourth-order valence-corrected chi connectivity index (χ4v) is 3.09. The Kier molecular flexibility index (Phi) is 6.32. The fourth-order valence-electron chi connectivity index (χ4n) is 3.09. The van der Waals surface area contributed by atoms with Crippen LogP contribution in [-0.2, 0) is 11.3 Å². The van der Waals surface area contributed by atoms with Crippen LogP contribution < -0.4 is 14.8 Å². The van der Waals surface area contributed by atoms with Gasteiger partial charge in [0.25, 0.3) is 0 Å². The van der Waals surface area contributed by atoms with Crippen LogP contribution in [0.1, 0.15) is 25.7 Å². The van der Waals surface area contributed by atoms with Gasteiger partial charge in [-0.15, -0.1) is 0 Å². The lowest BCUT2D eigenvalue weighted by Gasteiger charge is -2.16. The molecule has 3 rings (SSSR count). The number of carbonyl (C=O) groups is 1. The summed E-state index contributed by atoms with van der Waals surface area (Å²) < 4.78 is 13.7. The Hall–Kier alpha value is -3.28. The molecule has 1 atom stereocenters. The maximum atomic E-state index is 11.7. The molecule has 0 bridgehead atoms. The third kappa shape index (κ3) is 4.34. The van der Waals surface area contributed by atoms with Gasteiger partial charge < -0.3 is 19.4 Å². The standard InChI is InChI=1S/C22H25N3O3/c1-4-21(26)23-16(3)22-24-17-10-6-7-11-18(17)25(22)14-15-28-20-13-9-8-12-19(20)27-5-2/h4,6-13,16H,1,5,14-15H2,2-3H3,(H,23,26). The van der Waals surface area contributed by atoms with Crippen molar-refractivity contribution in [1.82, 2.24) is 14.9 Å². The molecule has 2 aromatic carbocycles. The Balaban J connectivity index is 1.81. The minimum absolute atomic E-state index is 0.229. The van der Waals surface area contributed by atoms with Crippen LogP contribution in [0.3, 0.4) is 0 Å². The summed E-state index contributed by atoms with van der Waals surface area (Å²) in [5.41, 5.74) is 1.88. The van der Waals surface area contributed by atoms with E-state index in [2.05, 4.69) is 16.5 Å². The van der Waals surface area contributed by atoms with Gasteiger partial charge in [-0.2, -0.15) is 0 Å². The summed E-state index contributed by atoms with van der Waals surface area (Å²) in [5.74, 6) is 1.99. The second-order valence-corrected chi connectivity index (χ2v) is 6.27. The van der Waals surface area contributed by atoms with Crippen molar-refractivity contribution in [2.75, 3.05) is 13.2 Å². The average Bonchev–Trinajstić information content (AvgIpc) is 3.08. The zero-order chi connectivity index (χ0) is 19.9. The molecule has 0 aliphatic rings. The summed E-state index contributed by atoms with van der Waals surface area (Å²) >= 11 is 0. The van der Waals surface area contributed by atoms with Crippen molar-refractivity contribution < 1.29 is 14.3 Å². The molecule has 28 heavy (non-hydrogen) atoms. The van der Waals surface area contributed by atoms with Crippen LogP contribution in [0, 0.1) is 0 Å². The van der Waals surface area contributed by atoms with E-state index in [-0.39, 0.29) is 11.9 Å². The minimum atomic E-state index is -0.256. The fraction of sp³-hybridized carbons (Fsp3) is 0.273. The number of nitrogens with zero attached hydrogens (tertiary/aromatic N) is 2. The first-order chi connectivity index (χ1) is 13.6. The van der Waals surface area contributed by atoms with Gasteiger partial charge in [-0.3, -0.25) is 4.79 Å². The third-order valence-corrected chi connectivity index (χ3v) is 4.34. The number of imidazole rings is 1. The van der Waals surface area contributed by atoms with Gasteiger partial charge in [0.2, 0.25) is 5.91 Å². The number of rotatable bonds is 9. The normalized spacial score (nSPS) is 11.8. The molecule has 0 fully saturated rings. The summed E-state index contributed by atoms with van der Waals surface area (Å²) in [4.78, 5) is 16.4. The second-order valence-electron chi connectivity index (χ2n) is 6.27. The van der Waals surface area contributed by atoms with Gasteiger partial charge in [0.05, 0.1) is 30.2 Å². The van der Waals surface area contributed by atoms with Gasteiger partial charge in [-0.25, -0.2) is 4.98 Å². The van der Waals surface area contributed by atoms with E-state index < -0.39 is 0 Å². The molecular formula is C22H25N3O3. The number of amides is 1. The van der Waals surface area contributed by atoms with Crippen LogP contribution in [0.4, 0.5) is 0 Å². The van der Waals surface area contributed by atoms with Crippen molar-refractivity contribution in [2.24, 2.45) is 0 Å². The van der Waals surface area contributed by atoms with Crippen LogP contribution in [0.2, 0.25) is 0 Å². The number of nitrogens with one attached hydrogen (secondary N) is 1. The molecule has 1 aromatic heterocycles. The van der Waals surface area contributed by atoms with Crippen LogP contribution in [-0.4, -0.2) is 28.7 Å². The summed E-state index contributed by atoms with van der Waals surface area (Å²) in [6, 6.07) is 15.3. The van der Waals surface area contributed by atoms with Crippen LogP contribution >= 0.6 is 0 Å². The van der Waals surface area contributed by atoms with Crippen molar-refractivity contribution in [3.63, 3.8) is 0 Å². The molecule has 3 aromatic rings. The molecule has 0 aliphatic heterocycles. The number of fused-ring (bicyclic) bond motifs is 1. The molecule has 0 saturated carbocycles. The minimum Gasteiger partial charge on any atom is -0.490 e. The maximum absolute atomic E-state index is 11.7. The largest absolute Gasteiger partial charge is 0.490 e. The summed E-state index contributed by atoms with van der Waals surface area (Å²) in [7, 11) is 0. The lowest BCUT2D eigenvalue weighted by molar-refractivity contribution is -0.117. The SMILES string of the molecule is C=CC(=O)NC(C)c1nc2ccccc2n1CCOc1ccccc1OCC. The number of hydrogen-bond acceptors (Lipinski definition) is 4. The van der Waals surface area contributed by atoms with E-state index in [0.29, 0.717) is 25.5 Å². The van der Waals surface area contributed by atoms with Gasteiger partial charge in [0.15, 0.2) is 11.5 Å². The molecule has 0 aliphatic carbocycles. The van der Waals surface area contributed by atoms with E-state index in [4.69, 9.17) is 14.5 Å². The summed E-state index contributed by atoms with van der Waals surface area (Å²) in [6.45, 7) is 8.97. The Labute approximate surface area is 164 Å². The maximum Gasteiger partial charge on any atom is 0.243 e. The van der Waals surface area contributed by atoms with Gasteiger partial charge in [-0.1, -0.05) is 30.8 Å². The molecule has 0 radical (unpaired) electrons. The van der Waals surface area contributed by atoms with Crippen molar-refractivity contribution >= 4 is 16.9 Å². The zero-order valence-electron chi connectivity index (χ0n) is 16.2. The zero-order valence-corrected chi connectivity index (χ0v) is 16.2. The Bertz CT molecular complexity index is 965. The first kappa shape index (κ1) is 19.5. The van der Waals surface area contributed by atoms with Gasteiger partial charge in [0.1, 0.15) is 12.4 Å². The van der Waals surface area contributed by atoms with Crippen LogP contribution in [0.15, 0.2) is 61.2 Å². The number of hydrogen-bond donors (Lipinski definition) is 1. The monoisotopic (exact) mass is 379 g/mol. The predicted molar refractivity (Wildman–Crippen MR) is 110 cm³/mol. The topological polar surface area (TPSA) is 65.4 Å². The van der Waals surface area contributed by atoms with Crippen molar-refractivity contribution in [1.29, 1.82) is 0 Å². The highest BCUT2D eigenvalue weighted by Gasteiger charge is 2.17. The molecule has 1 unspecified atom stereocenters. The second kappa shape index (κ2) is 9.08. The number of aromatic nitrogens is 2. The van der Waals surface area contributed by atoms with Crippen LogP contribution in [0.5, 0.6) is 11.5 Å². The molecule has 1 N–H and O–H groups in total. The highest BCUT2D eigenvalue weighted by atomic mass is 16.5. The molecule has 6 nitrogen and oxygen atoms in total. The van der Waals surface area contributed by atoms with Crippen molar-refractivity contribution in [2.45, 2.75) is 26.4 Å². The Morgan fingerprint density at radius 1 is 1.18 bits per heavy atom. The molecular weight excluding hydrogens is 354 g/mol. The molecule has 0 saturated heterocycles. The molecule has 6 heteroatoms. The lowest BCUT2D eigenvalue weighted by Crippen LogP contribution is -2.27. The van der Waals surface area contributed by atoms with Gasteiger partial charge in [0, 0.05) is 0 Å². The van der Waals surface area contributed by atoms with E-state index in [9.17, 15) is 4.79 Å². The van der Waals surface area contributed by atoms with Crippen molar-refractivity contribution in [3.8, 4) is 11.5 Å². The first-order valence-corrected chi connectivity index (χ1v) is 9.36. The van der Waals surface area contributed by atoms with Gasteiger partial charge in [-0.05, 0) is 44.2 Å². The highest BCUT2D eigenvalue weighted by molar-refractivity contribution is 5.87. The quantitative estimate of drug-likeness (QED) is 0.573. The third-order valence-electron chi connectivity index (χ3n) is 4.34. The highest BCUT2D eigenvalue weighted by Crippen LogP contribution is 2.27.